The summed E-state index contributed by atoms with van der Waals surface area (Å²) in [6.07, 6.45) is -0.00743. The molecule has 1 N–H and O–H groups in total. The Bertz CT molecular complexity index is 333. The molecule has 0 aromatic rings. The van der Waals surface area contributed by atoms with Crippen molar-refractivity contribution in [3.63, 3.8) is 0 Å². The maximum atomic E-state index is 11.8. The van der Waals surface area contributed by atoms with Crippen molar-refractivity contribution in [2.24, 2.45) is 5.11 Å². The third-order valence-electron chi connectivity index (χ3n) is 2.45. The van der Waals surface area contributed by atoms with Crippen molar-refractivity contribution in [2.45, 2.75) is 44.9 Å². The molecule has 1 heterocycles. The van der Waals surface area contributed by atoms with Gasteiger partial charge in [-0.05, 0) is 32.7 Å². The SMILES string of the molecule is CC(C)(C)OC(=O)N1CC(N=[N+]=[N-])C[C@@H]1CO. The second-order valence-electron chi connectivity index (χ2n) is 5.06. The van der Waals surface area contributed by atoms with Gasteiger partial charge < -0.3 is 14.7 Å². The summed E-state index contributed by atoms with van der Waals surface area (Å²) in [5.74, 6) is 0. The lowest BCUT2D eigenvalue weighted by atomic mass is 10.2. The largest absolute Gasteiger partial charge is 0.444 e. The van der Waals surface area contributed by atoms with E-state index < -0.39 is 11.7 Å². The first-order valence-electron chi connectivity index (χ1n) is 5.52. The lowest BCUT2D eigenvalue weighted by Crippen LogP contribution is -2.41. The molecule has 17 heavy (non-hydrogen) atoms. The summed E-state index contributed by atoms with van der Waals surface area (Å²) in [4.78, 5) is 16.0. The molecule has 1 rings (SSSR count). The van der Waals surface area contributed by atoms with E-state index in [1.807, 2.05) is 0 Å². The molecule has 1 aliphatic rings. The minimum absolute atomic E-state index is 0.156. The number of carbonyl (C=O) groups is 1. The van der Waals surface area contributed by atoms with Gasteiger partial charge in [0.1, 0.15) is 5.60 Å². The Morgan fingerprint density at radius 3 is 2.76 bits per heavy atom. The minimum atomic E-state index is -0.576. The molecule has 1 fully saturated rings. The van der Waals surface area contributed by atoms with Crippen LogP contribution in [0, 0.1) is 0 Å². The molecule has 0 radical (unpaired) electrons. The number of aliphatic hydroxyl groups excluding tert-OH is 1. The quantitative estimate of drug-likeness (QED) is 0.453. The van der Waals surface area contributed by atoms with E-state index in [2.05, 4.69) is 10.0 Å². The average Bonchev–Trinajstić information content (AvgIpc) is 2.59. The molecule has 7 nitrogen and oxygen atoms in total. The number of likely N-dealkylation sites (tertiary alicyclic amines) is 1. The van der Waals surface area contributed by atoms with E-state index in [1.165, 1.54) is 4.90 Å². The number of ether oxygens (including phenoxy) is 1. The third kappa shape index (κ3) is 3.80. The molecule has 0 aromatic heterocycles. The van der Waals surface area contributed by atoms with Crippen molar-refractivity contribution in [3.05, 3.63) is 10.4 Å². The van der Waals surface area contributed by atoms with Gasteiger partial charge in [0.05, 0.1) is 18.7 Å². The van der Waals surface area contributed by atoms with E-state index in [0.717, 1.165) is 0 Å². The summed E-state index contributed by atoms with van der Waals surface area (Å²) in [5.41, 5.74) is 7.78. The van der Waals surface area contributed by atoms with E-state index in [-0.39, 0.29) is 18.7 Å². The highest BCUT2D eigenvalue weighted by atomic mass is 16.6. The van der Waals surface area contributed by atoms with Crippen LogP contribution in [0.1, 0.15) is 27.2 Å². The third-order valence-corrected chi connectivity index (χ3v) is 2.45. The molecule has 1 saturated heterocycles. The molecular formula is C10H18N4O3. The summed E-state index contributed by atoms with van der Waals surface area (Å²) < 4.78 is 5.22. The topological polar surface area (TPSA) is 98.5 Å². The van der Waals surface area contributed by atoms with Crippen LogP contribution < -0.4 is 0 Å². The second-order valence-corrected chi connectivity index (χ2v) is 5.06. The summed E-state index contributed by atoms with van der Waals surface area (Å²) in [6.45, 7) is 5.47. The van der Waals surface area contributed by atoms with Gasteiger partial charge in [0.15, 0.2) is 0 Å². The fraction of sp³-hybridized carbons (Fsp3) is 0.900. The smallest absolute Gasteiger partial charge is 0.410 e. The summed E-state index contributed by atoms with van der Waals surface area (Å²) in [6, 6.07) is -0.620. The molecule has 1 unspecified atom stereocenters. The lowest BCUT2D eigenvalue weighted by Gasteiger charge is -2.27. The van der Waals surface area contributed by atoms with E-state index >= 15 is 0 Å². The number of amides is 1. The van der Waals surface area contributed by atoms with Crippen LogP contribution in [0.25, 0.3) is 10.4 Å². The Kier molecular flexibility index (Phi) is 4.20. The van der Waals surface area contributed by atoms with E-state index in [9.17, 15) is 9.90 Å². The lowest BCUT2D eigenvalue weighted by molar-refractivity contribution is 0.0175. The highest BCUT2D eigenvalue weighted by Crippen LogP contribution is 2.22. The molecule has 2 atom stereocenters. The Morgan fingerprint density at radius 2 is 2.29 bits per heavy atom. The van der Waals surface area contributed by atoms with Gasteiger partial charge in [0, 0.05) is 11.5 Å². The Balaban J connectivity index is 2.68. The standard InChI is InChI=1S/C10H18N4O3/c1-10(2,3)17-9(16)14-5-7(12-13-11)4-8(14)6-15/h7-8,15H,4-6H2,1-3H3/t7?,8-/m1/s1. The highest BCUT2D eigenvalue weighted by Gasteiger charge is 2.36. The van der Waals surface area contributed by atoms with Crippen molar-refractivity contribution in [1.29, 1.82) is 0 Å². The first kappa shape index (κ1) is 13.6. The molecular weight excluding hydrogens is 224 g/mol. The molecule has 96 valence electrons. The number of nitrogens with zero attached hydrogens (tertiary/aromatic N) is 4. The number of aliphatic hydroxyl groups is 1. The summed E-state index contributed by atoms with van der Waals surface area (Å²) in [5, 5.41) is 12.8. The maximum Gasteiger partial charge on any atom is 0.410 e. The van der Waals surface area contributed by atoms with E-state index in [4.69, 9.17) is 10.3 Å². The molecule has 0 bridgehead atoms. The Labute approximate surface area is 100.0 Å². The van der Waals surface area contributed by atoms with Crippen LogP contribution in [0.4, 0.5) is 4.79 Å². The Hall–Kier alpha value is -1.46. The second kappa shape index (κ2) is 5.25. The molecule has 0 spiro atoms. The fourth-order valence-electron chi connectivity index (χ4n) is 1.77. The van der Waals surface area contributed by atoms with Crippen LogP contribution in [-0.4, -0.2) is 46.9 Å². The van der Waals surface area contributed by atoms with Gasteiger partial charge in [-0.2, -0.15) is 0 Å². The van der Waals surface area contributed by atoms with Crippen molar-refractivity contribution in [3.8, 4) is 0 Å². The van der Waals surface area contributed by atoms with Crippen LogP contribution >= 0.6 is 0 Å². The summed E-state index contributed by atoms with van der Waals surface area (Å²) >= 11 is 0. The molecule has 0 saturated carbocycles. The predicted octanol–water partition coefficient (Wildman–Crippen LogP) is 1.67. The molecule has 1 amide bonds. The predicted molar refractivity (Wildman–Crippen MR) is 61.4 cm³/mol. The van der Waals surface area contributed by atoms with Gasteiger partial charge in [0.25, 0.3) is 0 Å². The monoisotopic (exact) mass is 242 g/mol. The van der Waals surface area contributed by atoms with Crippen LogP contribution in [0.15, 0.2) is 5.11 Å². The zero-order valence-corrected chi connectivity index (χ0v) is 10.3. The first-order valence-corrected chi connectivity index (χ1v) is 5.52. The van der Waals surface area contributed by atoms with Crippen LogP contribution in [0.5, 0.6) is 0 Å². The zero-order chi connectivity index (χ0) is 13.1. The number of carbonyl (C=O) groups excluding carboxylic acids is 1. The van der Waals surface area contributed by atoms with Gasteiger partial charge in [-0.15, -0.1) is 0 Å². The van der Waals surface area contributed by atoms with Crippen LogP contribution in [-0.2, 0) is 4.74 Å². The van der Waals surface area contributed by atoms with Crippen molar-refractivity contribution < 1.29 is 14.6 Å². The van der Waals surface area contributed by atoms with Gasteiger partial charge in [-0.1, -0.05) is 5.11 Å². The normalized spacial score (nSPS) is 24.4. The van der Waals surface area contributed by atoms with E-state index in [1.54, 1.807) is 20.8 Å². The Morgan fingerprint density at radius 1 is 1.65 bits per heavy atom. The minimum Gasteiger partial charge on any atom is -0.444 e. The van der Waals surface area contributed by atoms with Gasteiger partial charge in [-0.25, -0.2) is 4.79 Å². The zero-order valence-electron chi connectivity index (χ0n) is 10.3. The van der Waals surface area contributed by atoms with Gasteiger partial charge in [-0.3, -0.25) is 0 Å². The van der Waals surface area contributed by atoms with E-state index in [0.29, 0.717) is 13.0 Å². The number of azide groups is 1. The number of rotatable bonds is 2. The van der Waals surface area contributed by atoms with Crippen molar-refractivity contribution >= 4 is 6.09 Å². The van der Waals surface area contributed by atoms with Gasteiger partial charge in [0.2, 0.25) is 0 Å². The number of hydrogen-bond acceptors (Lipinski definition) is 4. The van der Waals surface area contributed by atoms with Crippen molar-refractivity contribution in [1.82, 2.24) is 4.90 Å². The first-order chi connectivity index (χ1) is 7.87. The highest BCUT2D eigenvalue weighted by molar-refractivity contribution is 5.69. The van der Waals surface area contributed by atoms with Crippen molar-refractivity contribution in [2.75, 3.05) is 13.2 Å². The summed E-state index contributed by atoms with van der Waals surface area (Å²) in [7, 11) is 0. The molecule has 7 heteroatoms. The fourth-order valence-corrected chi connectivity index (χ4v) is 1.77. The van der Waals surface area contributed by atoms with Crippen LogP contribution in [0.3, 0.4) is 0 Å². The maximum absolute atomic E-state index is 11.8. The average molecular weight is 242 g/mol. The number of hydrogen-bond donors (Lipinski definition) is 1. The van der Waals surface area contributed by atoms with Gasteiger partial charge >= 0.3 is 6.09 Å². The van der Waals surface area contributed by atoms with Crippen LogP contribution in [0.2, 0.25) is 0 Å². The molecule has 0 aliphatic carbocycles. The molecule has 1 aliphatic heterocycles. The molecule has 0 aromatic carbocycles.